The Bertz CT molecular complexity index is 458. The van der Waals surface area contributed by atoms with Gasteiger partial charge in [-0.1, -0.05) is 19.4 Å². The maximum Gasteiger partial charge on any atom is 0.446 e. The lowest BCUT2D eigenvalue weighted by Crippen LogP contribution is -2.62. The second-order valence-electron chi connectivity index (χ2n) is 4.05. The molecule has 0 radical (unpaired) electrons. The number of hydrogen-bond donors (Lipinski definition) is 0. The van der Waals surface area contributed by atoms with Crippen molar-refractivity contribution < 1.29 is 63.3 Å². The molecule has 2 unspecified atom stereocenters. The lowest BCUT2D eigenvalue weighted by atomic mass is 10.0. The number of alkyl halides is 11. The van der Waals surface area contributed by atoms with Gasteiger partial charge < -0.3 is 0 Å². The molecule has 0 fully saturated rings. The van der Waals surface area contributed by atoms with Gasteiger partial charge in [-0.25, -0.2) is 8.78 Å². The molecule has 0 aliphatic heterocycles. The van der Waals surface area contributed by atoms with E-state index in [1.807, 2.05) is 0 Å². The van der Waals surface area contributed by atoms with Gasteiger partial charge in [-0.05, 0) is 0 Å². The molecule has 0 aromatic rings. The zero-order valence-electron chi connectivity index (χ0n) is 9.61. The van der Waals surface area contributed by atoms with E-state index >= 15 is 0 Å². The van der Waals surface area contributed by atoms with Gasteiger partial charge in [0.2, 0.25) is 12.3 Å². The van der Waals surface area contributed by atoms with Crippen molar-refractivity contribution in [3.8, 4) is 0 Å². The summed E-state index contributed by atoms with van der Waals surface area (Å²) in [6.07, 6.45) is -11.7. The van der Waals surface area contributed by atoms with Crippen molar-refractivity contribution >= 4 is 32.8 Å². The van der Waals surface area contributed by atoms with Crippen LogP contribution in [0.25, 0.3) is 0 Å². The van der Waals surface area contributed by atoms with E-state index < -0.39 is 66.2 Å². The van der Waals surface area contributed by atoms with Crippen LogP contribution in [0.3, 0.4) is 0 Å². The third-order valence-electron chi connectivity index (χ3n) is 2.15. The summed E-state index contributed by atoms with van der Waals surface area (Å²) in [5, 5.41) is -8.67. The predicted octanol–water partition coefficient (Wildman–Crippen LogP) is 6.85. The lowest BCUT2D eigenvalue weighted by Gasteiger charge is -2.49. The molecule has 23 heavy (non-hydrogen) atoms. The van der Waals surface area contributed by atoms with Gasteiger partial charge in [-0.15, -0.1) is 0 Å². The first kappa shape index (κ1) is 23.0. The number of hydrogen-bond acceptors (Lipinski definition) is 0. The Morgan fingerprint density at radius 2 is 0.957 bits per heavy atom. The fraction of sp³-hybridized carbons (Fsp3) is 1.00. The van der Waals surface area contributed by atoms with E-state index in [1.165, 1.54) is 0 Å². The molecule has 0 nitrogen and oxygen atoms in total. The van der Waals surface area contributed by atoms with Crippen LogP contribution in [0.4, 0.5) is 63.3 Å². The highest BCUT2D eigenvalue weighted by molar-refractivity contribution is 14.1. The van der Waals surface area contributed by atoms with Gasteiger partial charge >= 0.3 is 31.3 Å². The highest BCUT2D eigenvalue weighted by Gasteiger charge is 2.94. The molecular weight excluding hydrogens is 516 g/mol. The molecule has 0 spiro atoms. The zero-order chi connectivity index (χ0) is 19.6. The van der Waals surface area contributed by atoms with Gasteiger partial charge in [-0.3, -0.25) is 0 Å². The normalized spacial score (nSPS) is 21.4. The molecule has 0 rings (SSSR count). The van der Waals surface area contributed by atoms with Crippen molar-refractivity contribution in [3.05, 3.63) is 0 Å². The zero-order valence-corrected chi connectivity index (χ0v) is 12.6. The fourth-order valence-electron chi connectivity index (χ4n) is 0.993. The van der Waals surface area contributed by atoms with Crippen molar-refractivity contribution in [1.82, 2.24) is 0 Å². The predicted molar refractivity (Wildman–Crippen MR) is 56.7 cm³/mol. The van der Waals surface area contributed by atoms with E-state index in [0.29, 0.717) is 0 Å². The van der Waals surface area contributed by atoms with Crippen LogP contribution in [0.5, 0.6) is 0 Å². The Hall–Kier alpha value is 0.0300. The summed E-state index contributed by atoms with van der Waals surface area (Å²) in [5.74, 6) is -14.8. The molecule has 0 aliphatic rings. The molecule has 2 atom stereocenters. The molecule has 0 aliphatic carbocycles. The lowest BCUT2D eigenvalue weighted by molar-refractivity contribution is -0.276. The van der Waals surface area contributed by atoms with E-state index in [9.17, 15) is 63.3 Å². The van der Waals surface area contributed by atoms with Crippen molar-refractivity contribution in [3.63, 3.8) is 0 Å². The van der Waals surface area contributed by atoms with Crippen molar-refractivity contribution in [1.29, 1.82) is 0 Å². The van der Waals surface area contributed by atoms with Crippen molar-refractivity contribution in [2.45, 2.75) is 33.4 Å². The maximum absolute atomic E-state index is 12.7. The summed E-state index contributed by atoms with van der Waals surface area (Å²) < 4.78 is 179. The molecule has 0 aromatic carbocycles. The summed E-state index contributed by atoms with van der Waals surface area (Å²) in [4.78, 5) is 0. The number of halogens is 16. The molecule has 144 valence electrons. The standard InChI is InChI=1S/C6H2F15IS/c7-1(3(9,10)2(8)5(13,14)22)4(11,12)6(15,16)23(17,18,19,20)21/h1-2H. The average molecular weight is 518 g/mol. The quantitative estimate of drug-likeness (QED) is 0.205. The van der Waals surface area contributed by atoms with Gasteiger partial charge in [0, 0.05) is 22.6 Å². The largest absolute Gasteiger partial charge is 0.446 e. The maximum atomic E-state index is 12.7. The Balaban J connectivity index is 6.16. The van der Waals surface area contributed by atoms with Crippen LogP contribution in [0.1, 0.15) is 0 Å². The van der Waals surface area contributed by atoms with E-state index in [0.717, 1.165) is 0 Å². The van der Waals surface area contributed by atoms with E-state index in [-0.39, 0.29) is 0 Å². The summed E-state index contributed by atoms with van der Waals surface area (Å²) in [7, 11) is -12.6. The van der Waals surface area contributed by atoms with Crippen LogP contribution < -0.4 is 0 Å². The highest BCUT2D eigenvalue weighted by Crippen LogP contribution is 3.05. The minimum Gasteiger partial charge on any atom is -0.234 e. The Morgan fingerprint density at radius 1 is 0.652 bits per heavy atom. The molecule has 0 saturated heterocycles. The monoisotopic (exact) mass is 518 g/mol. The van der Waals surface area contributed by atoms with Crippen LogP contribution in [0, 0.1) is 0 Å². The Labute approximate surface area is 130 Å². The molecule has 17 heteroatoms. The second kappa shape index (κ2) is 4.80. The van der Waals surface area contributed by atoms with Gasteiger partial charge in [0.25, 0.3) is 0 Å². The second-order valence-corrected chi connectivity index (χ2v) is 7.94. The SMILES string of the molecule is FC(C(F)(F)I)C(F)(F)C(F)C(F)(F)C(F)(F)S(F)(F)(F)(F)F. The van der Waals surface area contributed by atoms with Crippen molar-refractivity contribution in [2.24, 2.45) is 0 Å². The Morgan fingerprint density at radius 3 is 1.17 bits per heavy atom. The fourth-order valence-corrected chi connectivity index (χ4v) is 2.03. The van der Waals surface area contributed by atoms with E-state index in [2.05, 4.69) is 0 Å². The minimum absolute atomic E-state index is 0.518. The van der Waals surface area contributed by atoms with Gasteiger partial charge in [-0.2, -0.15) is 35.1 Å². The van der Waals surface area contributed by atoms with Crippen LogP contribution in [0.2, 0.25) is 0 Å². The van der Waals surface area contributed by atoms with Gasteiger partial charge in [0.15, 0.2) is 0 Å². The van der Waals surface area contributed by atoms with Crippen LogP contribution in [-0.2, 0) is 0 Å². The molecule has 0 heterocycles. The van der Waals surface area contributed by atoms with Gasteiger partial charge in [0.1, 0.15) is 0 Å². The van der Waals surface area contributed by atoms with Crippen LogP contribution in [0.15, 0.2) is 0 Å². The van der Waals surface area contributed by atoms with Crippen molar-refractivity contribution in [2.75, 3.05) is 0 Å². The third kappa shape index (κ3) is 3.83. The highest BCUT2D eigenvalue weighted by atomic mass is 127. The van der Waals surface area contributed by atoms with Crippen LogP contribution in [-0.4, -0.2) is 33.4 Å². The summed E-state index contributed by atoms with van der Waals surface area (Å²) in [6.45, 7) is 0. The third-order valence-corrected chi connectivity index (χ3v) is 3.94. The Kier molecular flexibility index (Phi) is 4.81. The number of rotatable bonds is 6. The average Bonchev–Trinajstić information content (AvgIpc) is 2.21. The smallest absolute Gasteiger partial charge is 0.234 e. The minimum atomic E-state index is -12.6. The first-order valence-corrected chi connectivity index (χ1v) is 7.55. The molecular formula is C6H2F15IS. The summed E-state index contributed by atoms with van der Waals surface area (Å²) >= 11 is -0.518. The molecule has 0 saturated carbocycles. The first-order valence-electron chi connectivity index (χ1n) is 4.52. The summed E-state index contributed by atoms with van der Waals surface area (Å²) in [6, 6.07) is 0. The molecule has 0 amide bonds. The van der Waals surface area contributed by atoms with E-state index in [1.54, 1.807) is 0 Å². The first-order chi connectivity index (χ1) is 9.30. The summed E-state index contributed by atoms with van der Waals surface area (Å²) in [5.41, 5.74) is 0. The molecule has 0 aromatic heterocycles. The topological polar surface area (TPSA) is 0 Å². The van der Waals surface area contributed by atoms with Crippen LogP contribution >= 0.6 is 32.8 Å². The van der Waals surface area contributed by atoms with E-state index in [4.69, 9.17) is 0 Å². The van der Waals surface area contributed by atoms with Gasteiger partial charge in [0.05, 0.1) is 0 Å². The molecule has 0 N–H and O–H groups in total. The molecule has 0 bridgehead atoms.